The summed E-state index contributed by atoms with van der Waals surface area (Å²) in [7, 11) is 0. The fourth-order valence-electron chi connectivity index (χ4n) is 2.29. The molecule has 2 aromatic rings. The first-order valence-electron chi connectivity index (χ1n) is 7.69. The molecule has 0 heterocycles. The summed E-state index contributed by atoms with van der Waals surface area (Å²) >= 11 is 0. The van der Waals surface area contributed by atoms with Gasteiger partial charge in [0.25, 0.3) is 5.69 Å². The van der Waals surface area contributed by atoms with Crippen molar-refractivity contribution in [1.82, 2.24) is 0 Å². The number of para-hydroxylation sites is 1. The Hall–Kier alpha value is -3.42. The third-order valence-electron chi connectivity index (χ3n) is 3.30. The highest BCUT2D eigenvalue weighted by molar-refractivity contribution is 5.95. The minimum Gasteiger partial charge on any atom is -0.477 e. The Kier molecular flexibility index (Phi) is 5.25. The molecule has 136 valence electrons. The number of hydrogen-bond donors (Lipinski definition) is 2. The lowest BCUT2D eigenvalue weighted by atomic mass is 10.0. The molecule has 26 heavy (non-hydrogen) atoms. The molecule has 2 rings (SSSR count). The van der Waals surface area contributed by atoms with Gasteiger partial charge in [-0.1, -0.05) is 24.3 Å². The fourth-order valence-corrected chi connectivity index (χ4v) is 2.29. The predicted octanol–water partition coefficient (Wildman–Crippen LogP) is 4.31. The molecule has 0 aliphatic rings. The number of amides is 1. The van der Waals surface area contributed by atoms with E-state index in [1.807, 2.05) is 0 Å². The van der Waals surface area contributed by atoms with E-state index in [0.717, 1.165) is 0 Å². The minimum atomic E-state index is -1.39. The van der Waals surface area contributed by atoms with Gasteiger partial charge in [-0.05, 0) is 38.5 Å². The molecule has 0 fully saturated rings. The van der Waals surface area contributed by atoms with Crippen molar-refractivity contribution in [3.05, 3.63) is 58.1 Å². The molecule has 1 amide bonds. The Labute approximate surface area is 149 Å². The first-order chi connectivity index (χ1) is 12.1. The van der Waals surface area contributed by atoms with Crippen LogP contribution < -0.4 is 5.32 Å². The normalized spacial score (nSPS) is 10.9. The van der Waals surface area contributed by atoms with Crippen molar-refractivity contribution in [3.8, 4) is 11.1 Å². The van der Waals surface area contributed by atoms with E-state index >= 15 is 0 Å². The molecule has 0 aliphatic carbocycles. The van der Waals surface area contributed by atoms with Crippen molar-refractivity contribution >= 4 is 23.4 Å². The lowest BCUT2D eigenvalue weighted by Crippen LogP contribution is -2.27. The number of ether oxygens (including phenoxy) is 1. The molecule has 2 aromatic carbocycles. The van der Waals surface area contributed by atoms with Crippen LogP contribution in [-0.2, 0) is 4.74 Å². The lowest BCUT2D eigenvalue weighted by Gasteiger charge is -2.20. The Morgan fingerprint density at radius 2 is 1.81 bits per heavy atom. The zero-order valence-electron chi connectivity index (χ0n) is 14.5. The second-order valence-electron chi connectivity index (χ2n) is 6.47. The Balaban J connectivity index is 2.44. The molecule has 8 nitrogen and oxygen atoms in total. The predicted molar refractivity (Wildman–Crippen MR) is 95.3 cm³/mol. The van der Waals surface area contributed by atoms with Gasteiger partial charge in [0.15, 0.2) is 0 Å². The maximum Gasteiger partial charge on any atom is 0.412 e. The highest BCUT2D eigenvalue weighted by atomic mass is 16.6. The van der Waals surface area contributed by atoms with E-state index in [9.17, 15) is 19.7 Å². The van der Waals surface area contributed by atoms with Gasteiger partial charge in [0.1, 0.15) is 11.2 Å². The fraction of sp³-hybridized carbons (Fsp3) is 0.222. The molecule has 8 heteroatoms. The van der Waals surface area contributed by atoms with Crippen molar-refractivity contribution < 1.29 is 24.4 Å². The molecule has 0 aliphatic heterocycles. The second kappa shape index (κ2) is 7.22. The highest BCUT2D eigenvalue weighted by Crippen LogP contribution is 2.32. The first-order valence-corrected chi connectivity index (χ1v) is 7.69. The van der Waals surface area contributed by atoms with E-state index < -0.39 is 33.8 Å². The number of anilines is 1. The molecule has 0 radical (unpaired) electrons. The van der Waals surface area contributed by atoms with Gasteiger partial charge in [-0.15, -0.1) is 0 Å². The number of nitrogens with one attached hydrogen (secondary N) is 1. The summed E-state index contributed by atoms with van der Waals surface area (Å²) in [6, 6.07) is 10.5. The van der Waals surface area contributed by atoms with Crippen molar-refractivity contribution in [2.75, 3.05) is 5.32 Å². The van der Waals surface area contributed by atoms with Crippen LogP contribution in [-0.4, -0.2) is 27.7 Å². The Morgan fingerprint density at radius 3 is 2.38 bits per heavy atom. The average molecular weight is 358 g/mol. The Bertz CT molecular complexity index is 870. The molecular formula is C18H18N2O6. The number of carbonyl (C=O) groups excluding carboxylic acids is 1. The zero-order chi connectivity index (χ0) is 19.5. The maximum absolute atomic E-state index is 12.0. The number of nitro groups is 1. The number of benzene rings is 2. The summed E-state index contributed by atoms with van der Waals surface area (Å²) in [5.41, 5.74) is -0.328. The molecule has 0 unspecified atom stereocenters. The zero-order valence-corrected chi connectivity index (χ0v) is 14.5. The number of carboxylic acid groups (broad SMARTS) is 1. The largest absolute Gasteiger partial charge is 0.477 e. The molecule has 0 aromatic heterocycles. The van der Waals surface area contributed by atoms with Gasteiger partial charge in [0.05, 0.1) is 10.6 Å². The number of carbonyl (C=O) groups is 2. The summed E-state index contributed by atoms with van der Waals surface area (Å²) in [5.74, 6) is -1.39. The minimum absolute atomic E-state index is 0.388. The number of nitrogens with zero attached hydrogens (tertiary/aromatic N) is 1. The smallest absolute Gasteiger partial charge is 0.412 e. The summed E-state index contributed by atoms with van der Waals surface area (Å²) in [5, 5.41) is 22.9. The highest BCUT2D eigenvalue weighted by Gasteiger charge is 2.22. The first kappa shape index (κ1) is 18.9. The van der Waals surface area contributed by atoms with Crippen molar-refractivity contribution in [2.45, 2.75) is 26.4 Å². The molecule has 0 spiro atoms. The summed E-state index contributed by atoms with van der Waals surface area (Å²) in [6.07, 6.45) is -0.665. The van der Waals surface area contributed by atoms with Crippen LogP contribution in [0.3, 0.4) is 0 Å². The van der Waals surface area contributed by atoms with E-state index in [1.165, 1.54) is 18.2 Å². The number of carboxylic acids is 1. The summed E-state index contributed by atoms with van der Waals surface area (Å²) in [4.78, 5) is 33.6. The summed E-state index contributed by atoms with van der Waals surface area (Å²) in [6.45, 7) is 5.19. The third kappa shape index (κ3) is 4.56. The van der Waals surface area contributed by atoms with Crippen LogP contribution in [0.15, 0.2) is 42.5 Å². The van der Waals surface area contributed by atoms with Crippen LogP contribution >= 0.6 is 0 Å². The van der Waals surface area contributed by atoms with Gasteiger partial charge in [0, 0.05) is 11.6 Å². The SMILES string of the molecule is CC(C)(C)OC(=O)Nc1ccccc1-c1ccc(C(=O)O)c([N+](=O)[O-])c1. The maximum atomic E-state index is 12.0. The molecule has 0 saturated heterocycles. The van der Waals surface area contributed by atoms with E-state index in [2.05, 4.69) is 5.32 Å². The molecule has 0 bridgehead atoms. The number of nitro benzene ring substituents is 1. The van der Waals surface area contributed by atoms with E-state index in [-0.39, 0.29) is 0 Å². The van der Waals surface area contributed by atoms with Crippen LogP contribution in [0.25, 0.3) is 11.1 Å². The van der Waals surface area contributed by atoms with Crippen molar-refractivity contribution in [1.29, 1.82) is 0 Å². The van der Waals surface area contributed by atoms with Crippen LogP contribution in [0, 0.1) is 10.1 Å². The van der Waals surface area contributed by atoms with Crippen molar-refractivity contribution in [3.63, 3.8) is 0 Å². The van der Waals surface area contributed by atoms with Crippen LogP contribution in [0.5, 0.6) is 0 Å². The van der Waals surface area contributed by atoms with Crippen molar-refractivity contribution in [2.24, 2.45) is 0 Å². The van der Waals surface area contributed by atoms with Gasteiger partial charge in [-0.2, -0.15) is 0 Å². The van der Waals surface area contributed by atoms with Gasteiger partial charge in [-0.3, -0.25) is 15.4 Å². The lowest BCUT2D eigenvalue weighted by molar-refractivity contribution is -0.385. The standard InChI is InChI=1S/C18H18N2O6/c1-18(2,3)26-17(23)19-14-7-5-4-6-12(14)11-8-9-13(16(21)22)15(10-11)20(24)25/h4-10H,1-3H3,(H,19,23)(H,21,22). The number of aromatic carboxylic acids is 1. The second-order valence-corrected chi connectivity index (χ2v) is 6.47. The monoisotopic (exact) mass is 358 g/mol. The molecule has 0 atom stereocenters. The quantitative estimate of drug-likeness (QED) is 0.621. The number of rotatable bonds is 4. The van der Waals surface area contributed by atoms with E-state index in [0.29, 0.717) is 16.8 Å². The summed E-state index contributed by atoms with van der Waals surface area (Å²) < 4.78 is 5.21. The van der Waals surface area contributed by atoms with Crippen LogP contribution in [0.2, 0.25) is 0 Å². The van der Waals surface area contributed by atoms with Crippen LogP contribution in [0.4, 0.5) is 16.2 Å². The molecular weight excluding hydrogens is 340 g/mol. The molecule has 0 saturated carbocycles. The third-order valence-corrected chi connectivity index (χ3v) is 3.30. The molecule has 2 N–H and O–H groups in total. The van der Waals surface area contributed by atoms with E-state index in [4.69, 9.17) is 9.84 Å². The topological polar surface area (TPSA) is 119 Å². The van der Waals surface area contributed by atoms with Gasteiger partial charge in [0.2, 0.25) is 0 Å². The number of hydrogen-bond acceptors (Lipinski definition) is 5. The van der Waals surface area contributed by atoms with Crippen LogP contribution in [0.1, 0.15) is 31.1 Å². The van der Waals surface area contributed by atoms with Gasteiger partial charge < -0.3 is 9.84 Å². The average Bonchev–Trinajstić information content (AvgIpc) is 2.52. The Morgan fingerprint density at radius 1 is 1.15 bits per heavy atom. The van der Waals surface area contributed by atoms with Gasteiger partial charge in [-0.25, -0.2) is 9.59 Å². The van der Waals surface area contributed by atoms with Gasteiger partial charge >= 0.3 is 12.1 Å². The van der Waals surface area contributed by atoms with E-state index in [1.54, 1.807) is 45.0 Å².